The van der Waals surface area contributed by atoms with Crippen LogP contribution in [0.25, 0.3) is 22.0 Å². The van der Waals surface area contributed by atoms with Crippen LogP contribution in [0, 0.1) is 0 Å². The van der Waals surface area contributed by atoms with Gasteiger partial charge in [0.05, 0.1) is 17.6 Å². The Labute approximate surface area is 221 Å². The van der Waals surface area contributed by atoms with Crippen molar-refractivity contribution < 1.29 is 4.74 Å². The van der Waals surface area contributed by atoms with Crippen molar-refractivity contribution >= 4 is 46.2 Å². The second-order valence-corrected chi connectivity index (χ2v) is 10.2. The van der Waals surface area contributed by atoms with E-state index in [0.29, 0.717) is 22.8 Å². The van der Waals surface area contributed by atoms with Crippen LogP contribution in [-0.2, 0) is 6.42 Å². The van der Waals surface area contributed by atoms with Crippen molar-refractivity contribution in [3.63, 3.8) is 0 Å². The van der Waals surface area contributed by atoms with Gasteiger partial charge in [-0.3, -0.25) is 0 Å². The molecule has 1 aliphatic carbocycles. The molecule has 0 aliphatic heterocycles. The highest BCUT2D eigenvalue weighted by Gasteiger charge is 2.17. The molecule has 8 heteroatoms. The van der Waals surface area contributed by atoms with Crippen LogP contribution in [0.15, 0.2) is 59.6 Å². The van der Waals surface area contributed by atoms with E-state index in [-0.39, 0.29) is 0 Å². The van der Waals surface area contributed by atoms with E-state index in [1.807, 2.05) is 42.6 Å². The average molecular weight is 520 g/mol. The highest BCUT2D eigenvalue weighted by atomic mass is 35.5. The van der Waals surface area contributed by atoms with Crippen molar-refractivity contribution in [2.24, 2.45) is 0 Å². The summed E-state index contributed by atoms with van der Waals surface area (Å²) in [5, 5.41) is 5.23. The van der Waals surface area contributed by atoms with E-state index in [1.54, 1.807) is 7.11 Å². The van der Waals surface area contributed by atoms with Crippen molar-refractivity contribution in [1.29, 1.82) is 0 Å². The molecule has 1 aliphatic rings. The van der Waals surface area contributed by atoms with Crippen LogP contribution in [0.5, 0.6) is 5.88 Å². The number of fused-ring (bicyclic) bond motifs is 1. The lowest BCUT2D eigenvalue weighted by Crippen LogP contribution is -2.23. The molecule has 1 fully saturated rings. The molecular weight excluding hydrogens is 490 g/mol. The fourth-order valence-electron chi connectivity index (χ4n) is 4.66. The number of nitrogens with one attached hydrogen (secondary N) is 2. The Bertz CT molecular complexity index is 1360. The maximum atomic E-state index is 6.27. The molecular formula is C28H30ClN5OS. The van der Waals surface area contributed by atoms with Gasteiger partial charge in [-0.1, -0.05) is 49.9 Å². The summed E-state index contributed by atoms with van der Waals surface area (Å²) in [6, 6.07) is 16.5. The first-order chi connectivity index (χ1) is 17.6. The lowest BCUT2D eigenvalue weighted by Gasteiger charge is -2.22. The van der Waals surface area contributed by atoms with E-state index in [1.165, 1.54) is 49.6 Å². The van der Waals surface area contributed by atoms with Crippen molar-refractivity contribution in [2.45, 2.75) is 56.4 Å². The van der Waals surface area contributed by atoms with Gasteiger partial charge in [-0.05, 0) is 78.7 Å². The number of aryl methyl sites for hydroxylation is 1. The zero-order valence-electron chi connectivity index (χ0n) is 20.6. The van der Waals surface area contributed by atoms with Crippen LogP contribution in [0.1, 0.15) is 44.6 Å². The predicted octanol–water partition coefficient (Wildman–Crippen LogP) is 7.78. The van der Waals surface area contributed by atoms with Gasteiger partial charge in [-0.15, -0.1) is 0 Å². The molecule has 2 N–H and O–H groups in total. The molecule has 0 amide bonds. The third-order valence-electron chi connectivity index (χ3n) is 6.57. The van der Waals surface area contributed by atoms with E-state index >= 15 is 0 Å². The van der Waals surface area contributed by atoms with Gasteiger partial charge in [0.15, 0.2) is 0 Å². The third-order valence-corrected chi connectivity index (χ3v) is 7.90. The van der Waals surface area contributed by atoms with E-state index < -0.39 is 0 Å². The fourth-order valence-corrected chi connectivity index (χ4v) is 5.55. The van der Waals surface area contributed by atoms with Gasteiger partial charge in [0.25, 0.3) is 0 Å². The first-order valence-corrected chi connectivity index (χ1v) is 13.6. The van der Waals surface area contributed by atoms with Crippen LogP contribution in [0.3, 0.4) is 0 Å². The monoisotopic (exact) mass is 519 g/mol. The molecule has 2 aromatic heterocycles. The minimum atomic E-state index is 0.472. The number of anilines is 2. The summed E-state index contributed by atoms with van der Waals surface area (Å²) in [6.07, 6.45) is 9.03. The topological polar surface area (TPSA) is 72.0 Å². The first-order valence-electron chi connectivity index (χ1n) is 12.4. The summed E-state index contributed by atoms with van der Waals surface area (Å²) in [5.41, 5.74) is 4.16. The number of pyridine rings is 1. The maximum absolute atomic E-state index is 6.27. The fraction of sp³-hybridized carbons (Fsp3) is 0.321. The van der Waals surface area contributed by atoms with Gasteiger partial charge in [0, 0.05) is 28.1 Å². The number of nitrogens with zero attached hydrogens (tertiary/aromatic N) is 3. The average Bonchev–Trinajstić information content (AvgIpc) is 2.92. The lowest BCUT2D eigenvalue weighted by molar-refractivity contribution is 0.400. The minimum absolute atomic E-state index is 0.472. The maximum Gasteiger partial charge on any atom is 0.223 e. The standard InChI is InChI=1S/C28H30ClN5OS/c1-3-18-16-24-19(17-30-28(32-24)31-20-9-5-4-6-10-20)15-22(18)21-13-14-26(33-27(21)35-2)34-36-25-12-8-7-11-23(25)29/h7-8,11-17,20H,3-6,9-10H2,1-2H3,(H,33,34)(H,30,31,32). The summed E-state index contributed by atoms with van der Waals surface area (Å²) < 4.78 is 8.97. The Morgan fingerprint density at radius 1 is 1.03 bits per heavy atom. The summed E-state index contributed by atoms with van der Waals surface area (Å²) in [5.74, 6) is 1.97. The molecule has 2 aromatic carbocycles. The number of benzene rings is 2. The highest BCUT2D eigenvalue weighted by Crippen LogP contribution is 2.36. The molecule has 0 spiro atoms. The molecule has 186 valence electrons. The molecule has 2 heterocycles. The zero-order chi connectivity index (χ0) is 24.9. The summed E-state index contributed by atoms with van der Waals surface area (Å²) >= 11 is 7.70. The molecule has 6 nitrogen and oxygen atoms in total. The van der Waals surface area contributed by atoms with Crippen molar-refractivity contribution in [3.05, 3.63) is 65.3 Å². The van der Waals surface area contributed by atoms with Crippen molar-refractivity contribution in [1.82, 2.24) is 15.0 Å². The zero-order valence-corrected chi connectivity index (χ0v) is 22.1. The quantitative estimate of drug-likeness (QED) is 0.230. The van der Waals surface area contributed by atoms with Crippen LogP contribution in [0.2, 0.25) is 5.02 Å². The third kappa shape index (κ3) is 5.52. The van der Waals surface area contributed by atoms with Crippen LogP contribution < -0.4 is 14.8 Å². The summed E-state index contributed by atoms with van der Waals surface area (Å²) in [6.45, 7) is 2.16. The molecule has 0 unspecified atom stereocenters. The number of halogens is 1. The Kier molecular flexibility index (Phi) is 7.78. The molecule has 4 aromatic rings. The molecule has 0 radical (unpaired) electrons. The van der Waals surface area contributed by atoms with Gasteiger partial charge in [0.2, 0.25) is 11.8 Å². The largest absolute Gasteiger partial charge is 0.480 e. The number of hydrogen-bond donors (Lipinski definition) is 2. The normalized spacial score (nSPS) is 14.1. The van der Waals surface area contributed by atoms with Crippen molar-refractivity contribution in [2.75, 3.05) is 17.1 Å². The van der Waals surface area contributed by atoms with E-state index in [0.717, 1.165) is 39.3 Å². The Morgan fingerprint density at radius 3 is 2.64 bits per heavy atom. The summed E-state index contributed by atoms with van der Waals surface area (Å²) in [4.78, 5) is 15.1. The van der Waals surface area contributed by atoms with Gasteiger partial charge in [-0.2, -0.15) is 4.98 Å². The van der Waals surface area contributed by atoms with E-state index in [4.69, 9.17) is 26.3 Å². The van der Waals surface area contributed by atoms with Gasteiger partial charge < -0.3 is 14.8 Å². The first kappa shape index (κ1) is 24.7. The number of hydrogen-bond acceptors (Lipinski definition) is 7. The molecule has 0 atom stereocenters. The minimum Gasteiger partial charge on any atom is -0.480 e. The molecule has 1 saturated carbocycles. The van der Waals surface area contributed by atoms with Crippen molar-refractivity contribution in [3.8, 4) is 17.0 Å². The second-order valence-electron chi connectivity index (χ2n) is 8.98. The molecule has 0 bridgehead atoms. The molecule has 5 rings (SSSR count). The van der Waals surface area contributed by atoms with Gasteiger partial charge in [-0.25, -0.2) is 9.97 Å². The van der Waals surface area contributed by atoms with Gasteiger partial charge in [0.1, 0.15) is 5.82 Å². The smallest absolute Gasteiger partial charge is 0.223 e. The van der Waals surface area contributed by atoms with E-state index in [2.05, 4.69) is 34.1 Å². The molecule has 0 saturated heterocycles. The second kappa shape index (κ2) is 11.4. The number of rotatable bonds is 8. The summed E-state index contributed by atoms with van der Waals surface area (Å²) in [7, 11) is 1.65. The SMILES string of the molecule is CCc1cc2nc(NC3CCCCC3)ncc2cc1-c1ccc(NSc2ccccc2Cl)nc1OC. The van der Waals surface area contributed by atoms with Gasteiger partial charge >= 0.3 is 0 Å². The highest BCUT2D eigenvalue weighted by molar-refractivity contribution is 8.00. The number of aromatic nitrogens is 3. The predicted molar refractivity (Wildman–Crippen MR) is 150 cm³/mol. The van der Waals surface area contributed by atoms with E-state index in [9.17, 15) is 0 Å². The van der Waals surface area contributed by atoms with Crippen LogP contribution >= 0.6 is 23.5 Å². The molecule has 36 heavy (non-hydrogen) atoms. The Morgan fingerprint density at radius 2 is 1.86 bits per heavy atom. The lowest BCUT2D eigenvalue weighted by atomic mass is 9.95. The number of ether oxygens (including phenoxy) is 1. The Balaban J connectivity index is 1.41. The van der Waals surface area contributed by atoms with Crippen LogP contribution in [-0.4, -0.2) is 28.1 Å². The van der Waals surface area contributed by atoms with Crippen LogP contribution in [0.4, 0.5) is 11.8 Å². The Hall–Kier alpha value is -3.03. The number of methoxy groups -OCH3 is 1.